The fourth-order valence-corrected chi connectivity index (χ4v) is 1.88. The van der Waals surface area contributed by atoms with Gasteiger partial charge in [-0.25, -0.2) is 0 Å². The van der Waals surface area contributed by atoms with Crippen LogP contribution in [0.25, 0.3) is 0 Å². The van der Waals surface area contributed by atoms with Gasteiger partial charge in [-0.05, 0) is 12.8 Å². The molecule has 0 saturated heterocycles. The molecule has 0 saturated carbocycles. The first-order valence-electron chi connectivity index (χ1n) is 5.00. The number of primary amides is 1. The van der Waals surface area contributed by atoms with Gasteiger partial charge in [-0.2, -0.15) is 0 Å². The highest BCUT2D eigenvalue weighted by Gasteiger charge is 2.36. The van der Waals surface area contributed by atoms with Crippen LogP contribution in [0.15, 0.2) is 0 Å². The number of carbonyl (C=O) groups excluding carboxylic acids is 1. The summed E-state index contributed by atoms with van der Waals surface area (Å²) in [5.41, 5.74) is 4.45. The van der Waals surface area contributed by atoms with Crippen LogP contribution in [0.3, 0.4) is 0 Å². The zero-order valence-electron chi connectivity index (χ0n) is 8.88. The molecular formula is C10H19NO3. The number of amides is 1. The highest BCUT2D eigenvalue weighted by atomic mass is 16.4. The maximum Gasteiger partial charge on any atom is 0.304 e. The second-order valence-electron chi connectivity index (χ2n) is 3.72. The van der Waals surface area contributed by atoms with E-state index < -0.39 is 17.3 Å². The zero-order chi connectivity index (χ0) is 11.2. The summed E-state index contributed by atoms with van der Waals surface area (Å²) in [7, 11) is 0. The summed E-state index contributed by atoms with van der Waals surface area (Å²) in [6, 6.07) is 0. The lowest BCUT2D eigenvalue weighted by Crippen LogP contribution is -2.39. The summed E-state index contributed by atoms with van der Waals surface area (Å²) in [5, 5.41) is 8.74. The van der Waals surface area contributed by atoms with E-state index in [1.54, 1.807) is 0 Å². The molecule has 0 heterocycles. The highest BCUT2D eigenvalue weighted by Crippen LogP contribution is 2.33. The summed E-state index contributed by atoms with van der Waals surface area (Å²) in [4.78, 5) is 22.0. The van der Waals surface area contributed by atoms with Crippen molar-refractivity contribution in [1.82, 2.24) is 0 Å². The van der Waals surface area contributed by atoms with E-state index >= 15 is 0 Å². The van der Waals surface area contributed by atoms with E-state index in [0.29, 0.717) is 12.8 Å². The largest absolute Gasteiger partial charge is 0.481 e. The van der Waals surface area contributed by atoms with Crippen molar-refractivity contribution in [1.29, 1.82) is 0 Å². The molecule has 0 aliphatic rings. The Labute approximate surface area is 84.5 Å². The van der Waals surface area contributed by atoms with Gasteiger partial charge in [-0.1, -0.05) is 26.7 Å². The Morgan fingerprint density at radius 3 is 1.86 bits per heavy atom. The summed E-state index contributed by atoms with van der Waals surface area (Å²) in [6.45, 7) is 3.85. The van der Waals surface area contributed by atoms with E-state index in [4.69, 9.17) is 10.8 Å². The minimum Gasteiger partial charge on any atom is -0.481 e. The molecule has 0 aromatic rings. The Bertz CT molecular complexity index is 207. The van der Waals surface area contributed by atoms with E-state index in [1.165, 1.54) is 0 Å². The van der Waals surface area contributed by atoms with Gasteiger partial charge >= 0.3 is 5.97 Å². The average molecular weight is 201 g/mol. The molecular weight excluding hydrogens is 182 g/mol. The van der Waals surface area contributed by atoms with Crippen LogP contribution in [0.2, 0.25) is 0 Å². The van der Waals surface area contributed by atoms with Gasteiger partial charge in [0.05, 0.1) is 11.8 Å². The van der Waals surface area contributed by atoms with E-state index in [9.17, 15) is 9.59 Å². The summed E-state index contributed by atoms with van der Waals surface area (Å²) in [5.74, 6) is -1.44. The Morgan fingerprint density at radius 1 is 1.21 bits per heavy atom. The first-order valence-corrected chi connectivity index (χ1v) is 5.00. The second kappa shape index (κ2) is 5.62. The van der Waals surface area contributed by atoms with E-state index in [-0.39, 0.29) is 6.42 Å². The van der Waals surface area contributed by atoms with Crippen molar-refractivity contribution >= 4 is 11.9 Å². The number of carboxylic acid groups (broad SMARTS) is 1. The van der Waals surface area contributed by atoms with Crippen molar-refractivity contribution in [2.24, 2.45) is 11.1 Å². The molecule has 4 heteroatoms. The number of hydrogen-bond acceptors (Lipinski definition) is 2. The molecule has 3 N–H and O–H groups in total. The van der Waals surface area contributed by atoms with Crippen molar-refractivity contribution in [3.8, 4) is 0 Å². The topological polar surface area (TPSA) is 80.4 Å². The zero-order valence-corrected chi connectivity index (χ0v) is 8.88. The molecule has 0 aromatic carbocycles. The van der Waals surface area contributed by atoms with Crippen molar-refractivity contribution < 1.29 is 14.7 Å². The molecule has 0 aromatic heterocycles. The third-order valence-corrected chi connectivity index (χ3v) is 2.47. The molecule has 1 amide bonds. The maximum atomic E-state index is 11.3. The normalized spacial score (nSPS) is 11.3. The van der Waals surface area contributed by atoms with E-state index in [2.05, 4.69) is 0 Å². The number of rotatable bonds is 7. The number of hydrogen-bond donors (Lipinski definition) is 2. The lowest BCUT2D eigenvalue weighted by atomic mass is 9.76. The predicted molar refractivity (Wildman–Crippen MR) is 53.7 cm³/mol. The molecule has 0 spiro atoms. The smallest absolute Gasteiger partial charge is 0.304 e. The first kappa shape index (κ1) is 12.9. The second-order valence-corrected chi connectivity index (χ2v) is 3.72. The number of carboxylic acids is 1. The number of aliphatic carboxylic acids is 1. The minimum atomic E-state index is -0.953. The van der Waals surface area contributed by atoms with Crippen LogP contribution in [-0.4, -0.2) is 17.0 Å². The molecule has 0 atom stereocenters. The van der Waals surface area contributed by atoms with Crippen LogP contribution in [0.1, 0.15) is 46.0 Å². The van der Waals surface area contributed by atoms with Gasteiger partial charge in [0.15, 0.2) is 0 Å². The number of carbonyl (C=O) groups is 2. The van der Waals surface area contributed by atoms with Crippen molar-refractivity contribution in [3.05, 3.63) is 0 Å². The molecule has 0 radical (unpaired) electrons. The molecule has 4 nitrogen and oxygen atoms in total. The van der Waals surface area contributed by atoms with Gasteiger partial charge in [0, 0.05) is 0 Å². The van der Waals surface area contributed by atoms with Crippen LogP contribution in [-0.2, 0) is 9.59 Å². The lowest BCUT2D eigenvalue weighted by Gasteiger charge is -2.28. The third-order valence-electron chi connectivity index (χ3n) is 2.47. The third kappa shape index (κ3) is 3.36. The molecule has 14 heavy (non-hydrogen) atoms. The SMILES string of the molecule is CCCC(CCC)(CC(=O)O)C(N)=O. The summed E-state index contributed by atoms with van der Waals surface area (Å²) < 4.78 is 0. The van der Waals surface area contributed by atoms with Gasteiger partial charge in [0.1, 0.15) is 0 Å². The summed E-state index contributed by atoms with van der Waals surface area (Å²) in [6.07, 6.45) is 2.52. The van der Waals surface area contributed by atoms with Crippen LogP contribution in [0.4, 0.5) is 0 Å². The van der Waals surface area contributed by atoms with Gasteiger partial charge in [-0.3, -0.25) is 9.59 Å². The van der Waals surface area contributed by atoms with Gasteiger partial charge in [0.2, 0.25) is 5.91 Å². The molecule has 0 aliphatic heterocycles. The Balaban J connectivity index is 4.73. The average Bonchev–Trinajstić information content (AvgIpc) is 2.03. The van der Waals surface area contributed by atoms with Gasteiger partial charge in [-0.15, -0.1) is 0 Å². The monoisotopic (exact) mass is 201 g/mol. The molecule has 0 aliphatic carbocycles. The van der Waals surface area contributed by atoms with Crippen LogP contribution < -0.4 is 5.73 Å². The van der Waals surface area contributed by atoms with E-state index in [0.717, 1.165) is 12.8 Å². The van der Waals surface area contributed by atoms with Crippen LogP contribution in [0.5, 0.6) is 0 Å². The molecule has 0 unspecified atom stereocenters. The van der Waals surface area contributed by atoms with Crippen LogP contribution >= 0.6 is 0 Å². The Kier molecular flexibility index (Phi) is 5.20. The Morgan fingerprint density at radius 2 is 1.64 bits per heavy atom. The highest BCUT2D eigenvalue weighted by molar-refractivity contribution is 5.85. The van der Waals surface area contributed by atoms with Gasteiger partial charge in [0.25, 0.3) is 0 Å². The minimum absolute atomic E-state index is 0.149. The molecule has 0 fully saturated rings. The summed E-state index contributed by atoms with van der Waals surface area (Å²) >= 11 is 0. The maximum absolute atomic E-state index is 11.3. The van der Waals surface area contributed by atoms with Crippen molar-refractivity contribution in [3.63, 3.8) is 0 Å². The Hall–Kier alpha value is -1.06. The van der Waals surface area contributed by atoms with Crippen LogP contribution in [0, 0.1) is 5.41 Å². The van der Waals surface area contributed by atoms with Gasteiger partial charge < -0.3 is 10.8 Å². The standard InChI is InChI=1S/C10H19NO3/c1-3-5-10(6-4-2,9(11)14)7-8(12)13/h3-7H2,1-2H3,(H2,11,14)(H,12,13). The lowest BCUT2D eigenvalue weighted by molar-refractivity contribution is -0.145. The molecule has 0 bridgehead atoms. The van der Waals surface area contributed by atoms with Crippen molar-refractivity contribution in [2.45, 2.75) is 46.0 Å². The van der Waals surface area contributed by atoms with Crippen molar-refractivity contribution in [2.75, 3.05) is 0 Å². The molecule has 82 valence electrons. The predicted octanol–water partition coefficient (Wildman–Crippen LogP) is 1.53. The first-order chi connectivity index (χ1) is 6.48. The fraction of sp³-hybridized carbons (Fsp3) is 0.800. The number of nitrogens with two attached hydrogens (primary N) is 1. The van der Waals surface area contributed by atoms with E-state index in [1.807, 2.05) is 13.8 Å². The molecule has 0 rings (SSSR count). The quantitative estimate of drug-likeness (QED) is 0.655. The fourth-order valence-electron chi connectivity index (χ4n) is 1.88.